The number of carbonyl (C=O) groups is 1. The van der Waals surface area contributed by atoms with Crippen molar-refractivity contribution >= 4 is 5.97 Å². The lowest BCUT2D eigenvalue weighted by Crippen LogP contribution is -2.13. The van der Waals surface area contributed by atoms with E-state index in [9.17, 15) is 9.59 Å². The van der Waals surface area contributed by atoms with E-state index in [0.717, 1.165) is 11.1 Å². The third kappa shape index (κ3) is 1.95. The number of nitrogens with one attached hydrogen (secondary N) is 1. The van der Waals surface area contributed by atoms with E-state index in [1.165, 1.54) is 11.7 Å². The van der Waals surface area contributed by atoms with Crippen LogP contribution >= 0.6 is 0 Å². The molecule has 0 amide bonds. The Morgan fingerprint density at radius 3 is 2.72 bits per heavy atom. The largest absolute Gasteiger partial charge is 0.464 e. The van der Waals surface area contributed by atoms with Crippen molar-refractivity contribution in [2.24, 2.45) is 7.05 Å². The van der Waals surface area contributed by atoms with Crippen LogP contribution < -0.4 is 5.69 Å². The van der Waals surface area contributed by atoms with E-state index in [-0.39, 0.29) is 11.4 Å². The molecule has 0 atom stereocenters. The molecule has 1 aromatic heterocycles. The average Bonchev–Trinajstić information content (AvgIpc) is 2.65. The standard InChI is InChI=1S/C13H14N2O3/c1-8-5-4-6-9(7-8)11-10(12(16)18-3)14-13(17)15(11)2/h4-7H,1-3H3,(H,14,17). The highest BCUT2D eigenvalue weighted by atomic mass is 16.5. The van der Waals surface area contributed by atoms with Gasteiger partial charge in [0.25, 0.3) is 0 Å². The number of aryl methyl sites for hydroxylation is 1. The summed E-state index contributed by atoms with van der Waals surface area (Å²) in [6.07, 6.45) is 0. The number of hydrogen-bond donors (Lipinski definition) is 1. The molecule has 0 saturated carbocycles. The Kier molecular flexibility index (Phi) is 3.06. The van der Waals surface area contributed by atoms with E-state index in [0.29, 0.717) is 5.69 Å². The van der Waals surface area contributed by atoms with Crippen LogP contribution in [0.4, 0.5) is 0 Å². The summed E-state index contributed by atoms with van der Waals surface area (Å²) in [5.74, 6) is -0.552. The van der Waals surface area contributed by atoms with Crippen LogP contribution in [0.3, 0.4) is 0 Å². The molecule has 94 valence electrons. The van der Waals surface area contributed by atoms with Crippen molar-refractivity contribution in [2.75, 3.05) is 7.11 Å². The van der Waals surface area contributed by atoms with E-state index in [1.54, 1.807) is 7.05 Å². The van der Waals surface area contributed by atoms with Gasteiger partial charge < -0.3 is 4.74 Å². The molecule has 1 N–H and O–H groups in total. The Morgan fingerprint density at radius 2 is 2.11 bits per heavy atom. The Bertz CT molecular complexity index is 652. The van der Waals surface area contributed by atoms with Crippen LogP contribution in [0.1, 0.15) is 16.1 Å². The van der Waals surface area contributed by atoms with Crippen molar-refractivity contribution in [1.29, 1.82) is 0 Å². The van der Waals surface area contributed by atoms with Gasteiger partial charge in [0.05, 0.1) is 12.8 Å². The molecule has 5 nitrogen and oxygen atoms in total. The number of carbonyl (C=O) groups excluding carboxylic acids is 1. The molecule has 5 heteroatoms. The second-order valence-electron chi connectivity index (χ2n) is 4.07. The number of ether oxygens (including phenoxy) is 1. The van der Waals surface area contributed by atoms with Gasteiger partial charge in [0.1, 0.15) is 0 Å². The molecule has 0 aliphatic rings. The maximum Gasteiger partial charge on any atom is 0.356 e. The molecule has 0 aliphatic heterocycles. The zero-order chi connectivity index (χ0) is 13.3. The van der Waals surface area contributed by atoms with Crippen molar-refractivity contribution in [1.82, 2.24) is 9.55 Å². The van der Waals surface area contributed by atoms with Crippen molar-refractivity contribution in [3.05, 3.63) is 46.0 Å². The summed E-state index contributed by atoms with van der Waals surface area (Å²) in [4.78, 5) is 25.8. The number of imidazole rings is 1. The summed E-state index contributed by atoms with van der Waals surface area (Å²) in [6, 6.07) is 7.59. The fourth-order valence-corrected chi connectivity index (χ4v) is 1.90. The number of methoxy groups -OCH3 is 1. The van der Waals surface area contributed by atoms with Crippen LogP contribution in [0.2, 0.25) is 0 Å². The van der Waals surface area contributed by atoms with Gasteiger partial charge in [-0.3, -0.25) is 9.55 Å². The fourth-order valence-electron chi connectivity index (χ4n) is 1.90. The summed E-state index contributed by atoms with van der Waals surface area (Å²) in [5, 5.41) is 0. The number of benzene rings is 1. The normalized spacial score (nSPS) is 10.4. The van der Waals surface area contributed by atoms with Crippen molar-refractivity contribution in [2.45, 2.75) is 6.92 Å². The van der Waals surface area contributed by atoms with Crippen molar-refractivity contribution in [3.8, 4) is 11.3 Å². The molecular weight excluding hydrogens is 232 g/mol. The molecule has 1 aromatic carbocycles. The van der Waals surface area contributed by atoms with Gasteiger partial charge >= 0.3 is 11.7 Å². The van der Waals surface area contributed by atoms with Gasteiger partial charge in [-0.05, 0) is 13.0 Å². The Balaban J connectivity index is 2.70. The number of rotatable bonds is 2. The van der Waals surface area contributed by atoms with Crippen molar-refractivity contribution in [3.63, 3.8) is 0 Å². The van der Waals surface area contributed by atoms with E-state index in [2.05, 4.69) is 9.72 Å². The Morgan fingerprint density at radius 1 is 1.39 bits per heavy atom. The molecule has 0 radical (unpaired) electrons. The first kappa shape index (κ1) is 12.2. The van der Waals surface area contributed by atoms with E-state index < -0.39 is 5.97 Å². The number of nitrogens with zero attached hydrogens (tertiary/aromatic N) is 1. The first-order valence-electron chi connectivity index (χ1n) is 5.49. The maximum atomic E-state index is 11.7. The number of aromatic amines is 1. The van der Waals surface area contributed by atoms with Crippen LogP contribution in [0, 0.1) is 6.92 Å². The Labute approximate surface area is 104 Å². The lowest BCUT2D eigenvalue weighted by atomic mass is 10.1. The molecular formula is C13H14N2O3. The third-order valence-corrected chi connectivity index (χ3v) is 2.79. The van der Waals surface area contributed by atoms with Gasteiger partial charge in [0.2, 0.25) is 0 Å². The quantitative estimate of drug-likeness (QED) is 0.816. The maximum absolute atomic E-state index is 11.7. The monoisotopic (exact) mass is 246 g/mol. The lowest BCUT2D eigenvalue weighted by Gasteiger charge is -2.05. The van der Waals surface area contributed by atoms with Gasteiger partial charge in [-0.2, -0.15) is 0 Å². The van der Waals surface area contributed by atoms with Gasteiger partial charge in [-0.25, -0.2) is 9.59 Å². The van der Waals surface area contributed by atoms with Gasteiger partial charge in [0, 0.05) is 12.6 Å². The molecule has 0 fully saturated rings. The predicted molar refractivity (Wildman–Crippen MR) is 67.5 cm³/mol. The predicted octanol–water partition coefficient (Wildman–Crippen LogP) is 1.48. The summed E-state index contributed by atoms with van der Waals surface area (Å²) in [7, 11) is 2.90. The van der Waals surface area contributed by atoms with Crippen LogP contribution in [-0.4, -0.2) is 22.6 Å². The number of esters is 1. The first-order chi connectivity index (χ1) is 8.54. The van der Waals surface area contributed by atoms with E-state index >= 15 is 0 Å². The summed E-state index contributed by atoms with van der Waals surface area (Å²) < 4.78 is 6.08. The minimum Gasteiger partial charge on any atom is -0.464 e. The Hall–Kier alpha value is -2.30. The third-order valence-electron chi connectivity index (χ3n) is 2.79. The molecule has 0 saturated heterocycles. The first-order valence-corrected chi connectivity index (χ1v) is 5.49. The smallest absolute Gasteiger partial charge is 0.356 e. The number of aromatic nitrogens is 2. The van der Waals surface area contributed by atoms with E-state index in [1.807, 2.05) is 31.2 Å². The van der Waals surface area contributed by atoms with Crippen LogP contribution in [-0.2, 0) is 11.8 Å². The highest BCUT2D eigenvalue weighted by Crippen LogP contribution is 2.22. The molecule has 2 aromatic rings. The molecule has 0 unspecified atom stereocenters. The highest BCUT2D eigenvalue weighted by Gasteiger charge is 2.20. The van der Waals surface area contributed by atoms with Crippen molar-refractivity contribution < 1.29 is 9.53 Å². The molecule has 0 bridgehead atoms. The minimum absolute atomic E-state index is 0.176. The lowest BCUT2D eigenvalue weighted by molar-refractivity contribution is 0.0595. The molecule has 0 aliphatic carbocycles. The fraction of sp³-hybridized carbons (Fsp3) is 0.231. The molecule has 2 rings (SSSR count). The minimum atomic E-state index is -0.552. The summed E-state index contributed by atoms with van der Waals surface area (Å²) in [6.45, 7) is 1.95. The van der Waals surface area contributed by atoms with Gasteiger partial charge in [0.15, 0.2) is 5.69 Å². The van der Waals surface area contributed by atoms with Gasteiger partial charge in [-0.15, -0.1) is 0 Å². The number of H-pyrrole nitrogens is 1. The SMILES string of the molecule is COC(=O)c1[nH]c(=O)n(C)c1-c1cccc(C)c1. The van der Waals surface area contributed by atoms with Crippen LogP contribution in [0.15, 0.2) is 29.1 Å². The van der Waals surface area contributed by atoms with E-state index in [4.69, 9.17) is 0 Å². The number of hydrogen-bond acceptors (Lipinski definition) is 3. The second-order valence-corrected chi connectivity index (χ2v) is 4.07. The molecule has 1 heterocycles. The zero-order valence-corrected chi connectivity index (χ0v) is 10.5. The second kappa shape index (κ2) is 4.52. The topological polar surface area (TPSA) is 64.1 Å². The summed E-state index contributed by atoms with van der Waals surface area (Å²) >= 11 is 0. The van der Waals surface area contributed by atoms with Crippen LogP contribution in [0.5, 0.6) is 0 Å². The van der Waals surface area contributed by atoms with Gasteiger partial charge in [-0.1, -0.05) is 23.8 Å². The average molecular weight is 246 g/mol. The molecule has 0 spiro atoms. The molecule has 18 heavy (non-hydrogen) atoms. The van der Waals surface area contributed by atoms with Crippen LogP contribution in [0.25, 0.3) is 11.3 Å². The summed E-state index contributed by atoms with van der Waals surface area (Å²) in [5.41, 5.74) is 2.23. The highest BCUT2D eigenvalue weighted by molar-refractivity contribution is 5.94. The zero-order valence-electron chi connectivity index (χ0n) is 10.5.